The predicted molar refractivity (Wildman–Crippen MR) is 76.5 cm³/mol. The molecule has 1 aliphatic rings. The SMILES string of the molecule is CC1CCCCC1NCCSCCS(C)(=O)=O. The number of thioether (sulfide) groups is 1. The van der Waals surface area contributed by atoms with Crippen LogP contribution in [0.3, 0.4) is 0 Å². The lowest BCUT2D eigenvalue weighted by Crippen LogP contribution is -2.38. The summed E-state index contributed by atoms with van der Waals surface area (Å²) in [5.74, 6) is 2.83. The number of hydrogen-bond donors (Lipinski definition) is 1. The van der Waals surface area contributed by atoms with Gasteiger partial charge in [0.2, 0.25) is 0 Å². The molecule has 1 rings (SSSR count). The summed E-state index contributed by atoms with van der Waals surface area (Å²) in [6.07, 6.45) is 6.68. The summed E-state index contributed by atoms with van der Waals surface area (Å²) in [6.45, 7) is 3.33. The number of hydrogen-bond acceptors (Lipinski definition) is 4. The van der Waals surface area contributed by atoms with E-state index in [2.05, 4.69) is 12.2 Å². The molecule has 1 saturated carbocycles. The zero-order chi connectivity index (χ0) is 12.7. The van der Waals surface area contributed by atoms with Gasteiger partial charge in [-0.3, -0.25) is 0 Å². The molecule has 0 radical (unpaired) electrons. The van der Waals surface area contributed by atoms with Crippen LogP contribution in [0.25, 0.3) is 0 Å². The van der Waals surface area contributed by atoms with E-state index in [1.165, 1.54) is 31.9 Å². The maximum absolute atomic E-state index is 10.9. The van der Waals surface area contributed by atoms with Crippen molar-refractivity contribution in [3.05, 3.63) is 0 Å². The van der Waals surface area contributed by atoms with E-state index < -0.39 is 9.84 Å². The topological polar surface area (TPSA) is 46.2 Å². The van der Waals surface area contributed by atoms with Gasteiger partial charge in [0.1, 0.15) is 9.84 Å². The van der Waals surface area contributed by atoms with E-state index in [1.54, 1.807) is 11.8 Å². The molecule has 0 aromatic heterocycles. The van der Waals surface area contributed by atoms with Crippen molar-refractivity contribution in [3.8, 4) is 0 Å². The lowest BCUT2D eigenvalue weighted by atomic mass is 9.86. The summed E-state index contributed by atoms with van der Waals surface area (Å²) < 4.78 is 21.9. The highest BCUT2D eigenvalue weighted by atomic mass is 32.2. The quantitative estimate of drug-likeness (QED) is 0.723. The number of sulfone groups is 1. The Morgan fingerprint density at radius 1 is 1.24 bits per heavy atom. The summed E-state index contributed by atoms with van der Waals surface area (Å²) in [7, 11) is -2.78. The van der Waals surface area contributed by atoms with Crippen molar-refractivity contribution in [2.45, 2.75) is 38.6 Å². The normalized spacial score (nSPS) is 26.0. The molecule has 1 N–H and O–H groups in total. The van der Waals surface area contributed by atoms with Gasteiger partial charge in [0.25, 0.3) is 0 Å². The van der Waals surface area contributed by atoms with Crippen LogP contribution in [-0.2, 0) is 9.84 Å². The van der Waals surface area contributed by atoms with Gasteiger partial charge in [-0.05, 0) is 18.8 Å². The minimum atomic E-state index is -2.78. The van der Waals surface area contributed by atoms with E-state index in [0.29, 0.717) is 11.8 Å². The van der Waals surface area contributed by atoms with E-state index in [1.807, 2.05) is 0 Å². The van der Waals surface area contributed by atoms with E-state index >= 15 is 0 Å². The second-order valence-corrected chi connectivity index (χ2v) is 8.55. The van der Waals surface area contributed by atoms with Crippen molar-refractivity contribution in [2.75, 3.05) is 30.1 Å². The zero-order valence-corrected chi connectivity index (χ0v) is 12.6. The minimum Gasteiger partial charge on any atom is -0.313 e. The van der Waals surface area contributed by atoms with Crippen molar-refractivity contribution < 1.29 is 8.42 Å². The second kappa shape index (κ2) is 7.64. The van der Waals surface area contributed by atoms with Gasteiger partial charge in [-0.25, -0.2) is 8.42 Å². The monoisotopic (exact) mass is 279 g/mol. The molecule has 1 aliphatic carbocycles. The second-order valence-electron chi connectivity index (χ2n) is 5.06. The summed E-state index contributed by atoms with van der Waals surface area (Å²) in [4.78, 5) is 0. The van der Waals surface area contributed by atoms with Crippen molar-refractivity contribution in [3.63, 3.8) is 0 Å². The van der Waals surface area contributed by atoms with Crippen LogP contribution in [-0.4, -0.2) is 44.5 Å². The first-order valence-corrected chi connectivity index (χ1v) is 9.69. The van der Waals surface area contributed by atoms with Crippen LogP contribution in [0.4, 0.5) is 0 Å². The van der Waals surface area contributed by atoms with Gasteiger partial charge in [0, 0.05) is 30.3 Å². The van der Waals surface area contributed by atoms with Crippen LogP contribution in [0, 0.1) is 5.92 Å². The molecular weight excluding hydrogens is 254 g/mol. The fourth-order valence-electron chi connectivity index (χ4n) is 2.25. The van der Waals surface area contributed by atoms with Crippen LogP contribution in [0.5, 0.6) is 0 Å². The summed E-state index contributed by atoms with van der Waals surface area (Å²) in [6, 6.07) is 0.680. The minimum absolute atomic E-state index is 0.303. The summed E-state index contributed by atoms with van der Waals surface area (Å²) in [5.41, 5.74) is 0. The molecular formula is C12H25NO2S2. The highest BCUT2D eigenvalue weighted by Gasteiger charge is 2.19. The Bertz CT molecular complexity index is 304. The molecule has 5 heteroatoms. The van der Waals surface area contributed by atoms with Crippen LogP contribution in [0.1, 0.15) is 32.6 Å². The van der Waals surface area contributed by atoms with Gasteiger partial charge in [-0.2, -0.15) is 11.8 Å². The van der Waals surface area contributed by atoms with Gasteiger partial charge in [0.05, 0.1) is 5.75 Å². The van der Waals surface area contributed by atoms with Crippen LogP contribution in [0.2, 0.25) is 0 Å². The molecule has 3 nitrogen and oxygen atoms in total. The first-order chi connectivity index (χ1) is 7.99. The van der Waals surface area contributed by atoms with E-state index in [-0.39, 0.29) is 0 Å². The molecule has 2 unspecified atom stereocenters. The maximum Gasteiger partial charge on any atom is 0.148 e. The molecule has 17 heavy (non-hydrogen) atoms. The Balaban J connectivity index is 2.00. The Morgan fingerprint density at radius 2 is 1.94 bits per heavy atom. The van der Waals surface area contributed by atoms with Gasteiger partial charge in [0.15, 0.2) is 0 Å². The fraction of sp³-hybridized carbons (Fsp3) is 1.00. The number of rotatable bonds is 7. The number of nitrogens with one attached hydrogen (secondary N) is 1. The van der Waals surface area contributed by atoms with Crippen molar-refractivity contribution in [1.29, 1.82) is 0 Å². The van der Waals surface area contributed by atoms with Crippen LogP contribution >= 0.6 is 11.8 Å². The van der Waals surface area contributed by atoms with Crippen LogP contribution < -0.4 is 5.32 Å². The van der Waals surface area contributed by atoms with E-state index in [9.17, 15) is 8.42 Å². The van der Waals surface area contributed by atoms with Crippen molar-refractivity contribution >= 4 is 21.6 Å². The third kappa shape index (κ3) is 7.32. The Hall–Kier alpha value is 0.260. The average molecular weight is 279 g/mol. The lowest BCUT2D eigenvalue weighted by Gasteiger charge is -2.29. The molecule has 0 saturated heterocycles. The lowest BCUT2D eigenvalue weighted by molar-refractivity contribution is 0.285. The van der Waals surface area contributed by atoms with Gasteiger partial charge >= 0.3 is 0 Å². The van der Waals surface area contributed by atoms with Crippen molar-refractivity contribution in [1.82, 2.24) is 5.32 Å². The van der Waals surface area contributed by atoms with Gasteiger partial charge < -0.3 is 5.32 Å². The smallest absolute Gasteiger partial charge is 0.148 e. The fourth-order valence-corrected chi connectivity index (χ4v) is 4.40. The predicted octanol–water partition coefficient (Wildman–Crippen LogP) is 1.93. The third-order valence-corrected chi connectivity index (χ3v) is 5.55. The van der Waals surface area contributed by atoms with E-state index in [4.69, 9.17) is 0 Å². The highest BCUT2D eigenvalue weighted by Crippen LogP contribution is 2.23. The Kier molecular flexibility index (Phi) is 6.89. The molecule has 1 fully saturated rings. The molecule has 0 bridgehead atoms. The van der Waals surface area contributed by atoms with Gasteiger partial charge in [-0.15, -0.1) is 0 Å². The molecule has 2 atom stereocenters. The Morgan fingerprint density at radius 3 is 2.59 bits per heavy atom. The largest absolute Gasteiger partial charge is 0.313 e. The molecule has 0 aliphatic heterocycles. The van der Waals surface area contributed by atoms with Gasteiger partial charge in [-0.1, -0.05) is 19.8 Å². The molecule has 0 heterocycles. The first-order valence-electron chi connectivity index (χ1n) is 6.48. The maximum atomic E-state index is 10.9. The summed E-state index contributed by atoms with van der Waals surface area (Å²) >= 11 is 1.73. The molecule has 0 amide bonds. The third-order valence-electron chi connectivity index (χ3n) is 3.36. The standard InChI is InChI=1S/C12H25NO2S2/c1-11-5-3-4-6-12(11)13-7-8-16-9-10-17(2,14)15/h11-13H,3-10H2,1-2H3. The summed E-state index contributed by atoms with van der Waals surface area (Å²) in [5, 5.41) is 3.60. The first kappa shape index (κ1) is 15.3. The van der Waals surface area contributed by atoms with Crippen molar-refractivity contribution in [2.24, 2.45) is 5.92 Å². The van der Waals surface area contributed by atoms with Crippen LogP contribution in [0.15, 0.2) is 0 Å². The van der Waals surface area contributed by atoms with E-state index in [0.717, 1.165) is 24.0 Å². The molecule has 0 aromatic rings. The molecule has 0 aromatic carbocycles. The Labute approximate surface area is 110 Å². The zero-order valence-electron chi connectivity index (χ0n) is 10.9. The highest BCUT2D eigenvalue weighted by molar-refractivity contribution is 8.00. The molecule has 102 valence electrons. The molecule has 0 spiro atoms. The average Bonchev–Trinajstić information content (AvgIpc) is 2.24.